The van der Waals surface area contributed by atoms with Crippen molar-refractivity contribution in [3.8, 4) is 11.6 Å². The maximum absolute atomic E-state index is 16.3. The Morgan fingerprint density at radius 2 is 1.96 bits per heavy atom. The summed E-state index contributed by atoms with van der Waals surface area (Å²) in [5.41, 5.74) is 3.07. The Morgan fingerprint density at radius 3 is 2.64 bits per heavy atom. The highest BCUT2D eigenvalue weighted by atomic mass is 31.2. The number of aliphatic hydroxyl groups is 1. The summed E-state index contributed by atoms with van der Waals surface area (Å²) in [4.78, 5) is 25.0. The first-order valence-electron chi connectivity index (χ1n) is 14.7. The van der Waals surface area contributed by atoms with E-state index in [1.54, 1.807) is 25.1 Å². The third-order valence-corrected chi connectivity index (χ3v) is 9.24. The minimum Gasteiger partial charge on any atom is -0.476 e. The minimum absolute atomic E-state index is 0.0221. The van der Waals surface area contributed by atoms with Gasteiger partial charge in [0, 0.05) is 0 Å². The number of benzene rings is 1. The molecule has 1 saturated carbocycles. The second-order valence-corrected chi connectivity index (χ2v) is 12.9. The van der Waals surface area contributed by atoms with E-state index in [9.17, 15) is 14.5 Å². The van der Waals surface area contributed by atoms with Gasteiger partial charge in [-0.05, 0) is 58.6 Å². The maximum Gasteiger partial charge on any atom is 0.459 e. The molecule has 0 amide bonds. The van der Waals surface area contributed by atoms with Crippen LogP contribution in [0.5, 0.6) is 11.6 Å². The van der Waals surface area contributed by atoms with Crippen LogP contribution in [-0.4, -0.2) is 73.6 Å². The lowest BCUT2D eigenvalue weighted by atomic mass is 9.97. The average molecular weight is 655 g/mol. The molecule has 0 spiro atoms. The molecular formula is C28H37F2N6O8P. The van der Waals surface area contributed by atoms with Gasteiger partial charge in [0.1, 0.15) is 24.5 Å². The second-order valence-electron chi connectivity index (χ2n) is 11.2. The van der Waals surface area contributed by atoms with Crippen molar-refractivity contribution in [1.29, 1.82) is 0 Å². The van der Waals surface area contributed by atoms with Gasteiger partial charge in [-0.1, -0.05) is 24.6 Å². The van der Waals surface area contributed by atoms with Gasteiger partial charge in [0.15, 0.2) is 29.2 Å². The number of anilines is 1. The second kappa shape index (κ2) is 13.1. The minimum atomic E-state index is -4.58. The van der Waals surface area contributed by atoms with Crippen LogP contribution in [0.2, 0.25) is 0 Å². The fourth-order valence-corrected chi connectivity index (χ4v) is 6.81. The Hall–Kier alpha value is -3.43. The number of carbonyl (C=O) groups excluding carboxylic acids is 1. The number of aromatic nitrogens is 4. The van der Waals surface area contributed by atoms with Gasteiger partial charge in [-0.2, -0.15) is 15.1 Å². The van der Waals surface area contributed by atoms with Gasteiger partial charge in [-0.15, -0.1) is 0 Å². The van der Waals surface area contributed by atoms with E-state index in [2.05, 4.69) is 20.0 Å². The van der Waals surface area contributed by atoms with E-state index in [0.717, 1.165) is 37.1 Å². The van der Waals surface area contributed by atoms with Gasteiger partial charge in [0.25, 0.3) is 5.85 Å². The number of nitrogens with zero attached hydrogens (tertiary/aromatic N) is 4. The number of nitrogen functional groups attached to an aromatic ring is 1. The molecule has 14 nitrogen and oxygen atoms in total. The molecule has 6 atom stereocenters. The van der Waals surface area contributed by atoms with Crippen LogP contribution in [0.15, 0.2) is 36.7 Å². The molecule has 2 aliphatic rings. The average Bonchev–Trinajstić information content (AvgIpc) is 3.50. The molecule has 4 N–H and O–H groups in total. The fourth-order valence-electron chi connectivity index (χ4n) is 5.30. The van der Waals surface area contributed by atoms with Crippen molar-refractivity contribution in [2.45, 2.75) is 88.9 Å². The van der Waals surface area contributed by atoms with E-state index in [4.69, 9.17) is 29.0 Å². The van der Waals surface area contributed by atoms with Crippen LogP contribution >= 0.6 is 7.75 Å². The number of ether oxygens (including phenoxy) is 3. The number of aliphatic hydroxyl groups excluding tert-OH is 1. The van der Waals surface area contributed by atoms with E-state index in [1.165, 1.54) is 19.1 Å². The zero-order valence-electron chi connectivity index (χ0n) is 25.1. The van der Waals surface area contributed by atoms with Crippen molar-refractivity contribution < 1.29 is 46.5 Å². The topological polar surface area (TPSA) is 182 Å². The van der Waals surface area contributed by atoms with Crippen LogP contribution < -0.4 is 20.1 Å². The van der Waals surface area contributed by atoms with E-state index in [-0.39, 0.29) is 41.5 Å². The van der Waals surface area contributed by atoms with Gasteiger partial charge >= 0.3 is 13.7 Å². The molecule has 2 aromatic heterocycles. The van der Waals surface area contributed by atoms with Crippen molar-refractivity contribution in [2.24, 2.45) is 0 Å². The van der Waals surface area contributed by atoms with Crippen LogP contribution in [-0.2, 0) is 23.4 Å². The highest BCUT2D eigenvalue weighted by Gasteiger charge is 2.65. The van der Waals surface area contributed by atoms with E-state index < -0.39 is 50.2 Å². The fraction of sp³-hybridized carbons (Fsp3) is 0.571. The number of halogens is 2. The third-order valence-electron chi connectivity index (χ3n) is 7.61. The molecule has 1 saturated heterocycles. The first-order valence-corrected chi connectivity index (χ1v) is 16.2. The molecule has 1 aliphatic heterocycles. The van der Waals surface area contributed by atoms with Crippen molar-refractivity contribution >= 4 is 30.8 Å². The maximum atomic E-state index is 16.3. The number of hydrogen-bond donors (Lipinski definition) is 3. The quantitative estimate of drug-likeness (QED) is 0.187. The van der Waals surface area contributed by atoms with Crippen molar-refractivity contribution in [1.82, 2.24) is 24.6 Å². The Balaban J connectivity index is 1.37. The van der Waals surface area contributed by atoms with Crippen LogP contribution in [0.4, 0.5) is 14.7 Å². The highest BCUT2D eigenvalue weighted by molar-refractivity contribution is 7.52. The summed E-state index contributed by atoms with van der Waals surface area (Å²) >= 11 is 0. The number of rotatable bonds is 12. The molecular weight excluding hydrogens is 617 g/mol. The van der Waals surface area contributed by atoms with Crippen molar-refractivity contribution in [2.75, 3.05) is 18.9 Å². The molecule has 246 valence electrons. The predicted octanol–water partition coefficient (Wildman–Crippen LogP) is 4.15. The standard InChI is InChI=1S/C28H37F2N6O8P/c1-4-40-22-20-21(33-26(31)34-22)36(16-32-20)25-27(3,29)24(38)28(30,43-25)15-41-45(39,44-19-13-9-6-10-14-19)35-17(2)23(37)42-18-11-7-5-8-12-18/h6,9-10,13-14,16-18,24-25,38H,4-5,7-8,11-12,15H2,1-3H3,(H,35,39)(H2,31,33,34)/t17-,24-,25+,27+,28+,45-/m0/s1. The summed E-state index contributed by atoms with van der Waals surface area (Å²) in [6.07, 6.45) is 0.910. The molecule has 3 aromatic rings. The number of alkyl halides is 2. The Kier molecular flexibility index (Phi) is 9.61. The lowest BCUT2D eigenvalue weighted by Gasteiger charge is -2.28. The van der Waals surface area contributed by atoms with Gasteiger partial charge in [0.05, 0.1) is 12.9 Å². The number of nitrogens with two attached hydrogens (primary N) is 1. The molecule has 45 heavy (non-hydrogen) atoms. The van der Waals surface area contributed by atoms with Crippen LogP contribution in [0.25, 0.3) is 11.2 Å². The smallest absolute Gasteiger partial charge is 0.459 e. The van der Waals surface area contributed by atoms with Gasteiger partial charge in [-0.25, -0.2) is 18.3 Å². The number of esters is 1. The normalized spacial score (nSPS) is 27.6. The molecule has 5 rings (SSSR count). The Labute approximate surface area is 258 Å². The van der Waals surface area contributed by atoms with Gasteiger partial charge < -0.3 is 29.6 Å². The molecule has 1 aromatic carbocycles. The Bertz CT molecular complexity index is 1540. The SMILES string of the molecule is CCOc1nc(N)nc2c1ncn2[C@@H]1O[C@](F)(CO[P@@](=O)(N[C@@H](C)C(=O)OC2CCCCC2)Oc2ccccc2)[C@@H](O)[C@@]1(C)F. The monoisotopic (exact) mass is 654 g/mol. The summed E-state index contributed by atoms with van der Waals surface area (Å²) < 4.78 is 74.9. The van der Waals surface area contributed by atoms with E-state index in [1.807, 2.05) is 0 Å². The number of imidazole rings is 1. The zero-order valence-corrected chi connectivity index (χ0v) is 26.0. The molecule has 0 radical (unpaired) electrons. The first-order chi connectivity index (χ1) is 21.3. The number of carbonyl (C=O) groups is 1. The molecule has 0 bridgehead atoms. The number of fused-ring (bicyclic) bond motifs is 1. The van der Waals surface area contributed by atoms with E-state index in [0.29, 0.717) is 12.8 Å². The van der Waals surface area contributed by atoms with E-state index >= 15 is 8.78 Å². The van der Waals surface area contributed by atoms with Gasteiger partial charge in [0.2, 0.25) is 11.8 Å². The zero-order chi connectivity index (χ0) is 32.4. The number of nitrogens with one attached hydrogen (secondary N) is 1. The molecule has 2 fully saturated rings. The van der Waals surface area contributed by atoms with Crippen LogP contribution in [0.3, 0.4) is 0 Å². The van der Waals surface area contributed by atoms with Crippen molar-refractivity contribution in [3.63, 3.8) is 0 Å². The summed E-state index contributed by atoms with van der Waals surface area (Å²) in [7, 11) is -4.58. The first kappa shape index (κ1) is 32.9. The molecule has 0 unspecified atom stereocenters. The number of hydrogen-bond acceptors (Lipinski definition) is 12. The Morgan fingerprint density at radius 1 is 1.24 bits per heavy atom. The van der Waals surface area contributed by atoms with Crippen LogP contribution in [0, 0.1) is 0 Å². The lowest BCUT2D eigenvalue weighted by Crippen LogP contribution is -2.47. The summed E-state index contributed by atoms with van der Waals surface area (Å²) in [6, 6.07) is 6.63. The molecule has 17 heteroatoms. The largest absolute Gasteiger partial charge is 0.476 e. The van der Waals surface area contributed by atoms with Crippen molar-refractivity contribution in [3.05, 3.63) is 36.7 Å². The molecule has 1 aliphatic carbocycles. The van der Waals surface area contributed by atoms with Crippen LogP contribution in [0.1, 0.15) is 59.1 Å². The highest BCUT2D eigenvalue weighted by Crippen LogP contribution is 2.52. The molecule has 3 heterocycles. The van der Waals surface area contributed by atoms with Gasteiger partial charge in [-0.3, -0.25) is 13.9 Å². The predicted molar refractivity (Wildman–Crippen MR) is 157 cm³/mol. The summed E-state index contributed by atoms with van der Waals surface area (Å²) in [5, 5.41) is 13.3. The summed E-state index contributed by atoms with van der Waals surface area (Å²) in [6.45, 7) is 2.98. The number of para-hydroxylation sites is 1. The lowest BCUT2D eigenvalue weighted by molar-refractivity contribution is -0.202. The summed E-state index contributed by atoms with van der Waals surface area (Å²) in [5.74, 6) is -4.08. The third kappa shape index (κ3) is 7.04.